The van der Waals surface area contributed by atoms with Crippen molar-refractivity contribution in [3.63, 3.8) is 0 Å². The predicted octanol–water partition coefficient (Wildman–Crippen LogP) is 4.42. The zero-order chi connectivity index (χ0) is 17.9. The van der Waals surface area contributed by atoms with Crippen LogP contribution in [0.25, 0.3) is 0 Å². The average molecular weight is 352 g/mol. The Morgan fingerprint density at radius 2 is 1.20 bits per heavy atom. The summed E-state index contributed by atoms with van der Waals surface area (Å²) in [6.07, 6.45) is 1.51. The smallest absolute Gasteiger partial charge is 0.282 e. The van der Waals surface area contributed by atoms with Gasteiger partial charge < -0.3 is 0 Å². The van der Waals surface area contributed by atoms with E-state index in [-0.39, 0.29) is 4.90 Å². The lowest BCUT2D eigenvalue weighted by Gasteiger charge is -2.06. The van der Waals surface area contributed by atoms with E-state index in [0.29, 0.717) is 6.42 Å². The zero-order valence-electron chi connectivity index (χ0n) is 14.0. The number of benzene rings is 3. The molecule has 4 heteroatoms. The first kappa shape index (κ1) is 17.4. The van der Waals surface area contributed by atoms with Gasteiger partial charge in [0, 0.05) is 0 Å². The molecule has 0 aliphatic carbocycles. The van der Waals surface area contributed by atoms with E-state index < -0.39 is 10.1 Å². The van der Waals surface area contributed by atoms with Gasteiger partial charge in [-0.15, -0.1) is 0 Å². The molecule has 0 aliphatic heterocycles. The van der Waals surface area contributed by atoms with Crippen LogP contribution in [0.4, 0.5) is 0 Å². The molecule has 0 fully saturated rings. The van der Waals surface area contributed by atoms with Gasteiger partial charge >= 0.3 is 0 Å². The highest BCUT2D eigenvalue weighted by Crippen LogP contribution is 2.17. The largest absolute Gasteiger partial charge is 0.294 e. The van der Waals surface area contributed by atoms with Gasteiger partial charge in [0.1, 0.15) is 0 Å². The van der Waals surface area contributed by atoms with E-state index in [4.69, 9.17) is 4.55 Å². The van der Waals surface area contributed by atoms with Crippen LogP contribution in [-0.4, -0.2) is 13.0 Å². The monoisotopic (exact) mass is 352 g/mol. The molecule has 25 heavy (non-hydrogen) atoms. The first-order chi connectivity index (χ1) is 11.9. The van der Waals surface area contributed by atoms with Crippen molar-refractivity contribution in [2.24, 2.45) is 0 Å². The van der Waals surface area contributed by atoms with Gasteiger partial charge in [-0.05, 0) is 54.2 Å². The van der Waals surface area contributed by atoms with Gasteiger partial charge in [-0.25, -0.2) is 0 Å². The first-order valence-electron chi connectivity index (χ1n) is 8.10. The summed E-state index contributed by atoms with van der Waals surface area (Å²) in [6, 6.07) is 23.2. The normalized spacial score (nSPS) is 11.4. The number of rotatable bonds is 5. The topological polar surface area (TPSA) is 54.4 Å². The van der Waals surface area contributed by atoms with Crippen molar-refractivity contribution in [2.45, 2.75) is 24.7 Å². The molecule has 0 saturated carbocycles. The summed E-state index contributed by atoms with van der Waals surface area (Å²) >= 11 is 0. The highest BCUT2D eigenvalue weighted by molar-refractivity contribution is 7.85. The van der Waals surface area contributed by atoms with Crippen molar-refractivity contribution in [3.05, 3.63) is 101 Å². The minimum Gasteiger partial charge on any atom is -0.282 e. The van der Waals surface area contributed by atoms with E-state index in [0.717, 1.165) is 17.5 Å². The Morgan fingerprint density at radius 1 is 0.720 bits per heavy atom. The van der Waals surface area contributed by atoms with Crippen LogP contribution >= 0.6 is 0 Å². The quantitative estimate of drug-likeness (QED) is 0.692. The van der Waals surface area contributed by atoms with Crippen LogP contribution in [-0.2, 0) is 23.0 Å². The molecule has 0 aliphatic rings. The molecule has 0 spiro atoms. The van der Waals surface area contributed by atoms with E-state index in [2.05, 4.69) is 55.5 Å². The van der Waals surface area contributed by atoms with Crippen LogP contribution in [0.1, 0.15) is 27.8 Å². The Balaban J connectivity index is 1.71. The Hall–Kier alpha value is -2.43. The second-order valence-corrected chi connectivity index (χ2v) is 7.70. The van der Waals surface area contributed by atoms with Crippen LogP contribution in [0.15, 0.2) is 77.7 Å². The SMILES string of the molecule is Cc1ccc(Cc2ccc(Cc3cccc(S(=O)(=O)O)c3)cc2)cc1. The van der Waals surface area contributed by atoms with Gasteiger partial charge in [0.2, 0.25) is 0 Å². The van der Waals surface area contributed by atoms with E-state index in [9.17, 15) is 8.42 Å². The fraction of sp³-hybridized carbons (Fsp3) is 0.143. The third kappa shape index (κ3) is 4.78. The van der Waals surface area contributed by atoms with Crippen LogP contribution in [0.5, 0.6) is 0 Å². The lowest BCUT2D eigenvalue weighted by Crippen LogP contribution is -1.99. The van der Waals surface area contributed by atoms with Gasteiger partial charge in [-0.2, -0.15) is 8.42 Å². The lowest BCUT2D eigenvalue weighted by molar-refractivity contribution is 0.483. The van der Waals surface area contributed by atoms with Crippen molar-refractivity contribution >= 4 is 10.1 Å². The van der Waals surface area contributed by atoms with Crippen LogP contribution < -0.4 is 0 Å². The third-order valence-corrected chi connectivity index (χ3v) is 5.01. The third-order valence-electron chi connectivity index (χ3n) is 4.16. The standard InChI is InChI=1S/C21H20O3S/c1-16-5-7-17(8-6-16)13-18-9-11-19(12-10-18)14-20-3-2-4-21(15-20)25(22,23)24/h2-12,15H,13-14H2,1H3,(H,22,23,24). The predicted molar refractivity (Wildman–Crippen MR) is 99.5 cm³/mol. The maximum absolute atomic E-state index is 11.2. The lowest BCUT2D eigenvalue weighted by atomic mass is 10.00. The Kier molecular flexibility index (Phi) is 5.02. The van der Waals surface area contributed by atoms with E-state index in [1.54, 1.807) is 6.07 Å². The summed E-state index contributed by atoms with van der Waals surface area (Å²) in [4.78, 5) is -0.0685. The maximum Gasteiger partial charge on any atom is 0.294 e. The summed E-state index contributed by atoms with van der Waals surface area (Å²) in [6.45, 7) is 2.08. The maximum atomic E-state index is 11.2. The summed E-state index contributed by atoms with van der Waals surface area (Å²) in [5.74, 6) is 0. The molecule has 3 aromatic rings. The Morgan fingerprint density at radius 3 is 1.72 bits per heavy atom. The number of hydrogen-bond acceptors (Lipinski definition) is 2. The fourth-order valence-corrected chi connectivity index (χ4v) is 3.32. The van der Waals surface area contributed by atoms with Crippen molar-refractivity contribution in [1.29, 1.82) is 0 Å². The molecule has 0 heterocycles. The molecule has 3 rings (SSSR count). The second-order valence-electron chi connectivity index (χ2n) is 6.28. The minimum atomic E-state index is -4.16. The molecule has 3 nitrogen and oxygen atoms in total. The summed E-state index contributed by atoms with van der Waals surface area (Å²) < 4.78 is 31.6. The zero-order valence-corrected chi connectivity index (χ0v) is 14.8. The van der Waals surface area contributed by atoms with Gasteiger partial charge in [-0.3, -0.25) is 4.55 Å². The number of hydrogen-bond donors (Lipinski definition) is 1. The highest BCUT2D eigenvalue weighted by atomic mass is 32.2. The van der Waals surface area contributed by atoms with E-state index >= 15 is 0 Å². The molecule has 128 valence electrons. The van der Waals surface area contributed by atoms with Crippen molar-refractivity contribution in [2.75, 3.05) is 0 Å². The number of aryl methyl sites for hydroxylation is 1. The van der Waals surface area contributed by atoms with Crippen molar-refractivity contribution < 1.29 is 13.0 Å². The molecule has 1 N–H and O–H groups in total. The molecule has 0 radical (unpaired) electrons. The van der Waals surface area contributed by atoms with E-state index in [1.807, 2.05) is 6.07 Å². The molecule has 0 amide bonds. The molecule has 0 aromatic heterocycles. The Labute approximate surface area is 148 Å². The van der Waals surface area contributed by atoms with Gasteiger partial charge in [0.25, 0.3) is 10.1 Å². The first-order valence-corrected chi connectivity index (χ1v) is 9.54. The van der Waals surface area contributed by atoms with Crippen molar-refractivity contribution in [1.82, 2.24) is 0 Å². The molecule has 0 bridgehead atoms. The summed E-state index contributed by atoms with van der Waals surface area (Å²) in [5.41, 5.74) is 5.71. The highest BCUT2D eigenvalue weighted by Gasteiger charge is 2.09. The summed E-state index contributed by atoms with van der Waals surface area (Å²) in [7, 11) is -4.16. The average Bonchev–Trinajstić information content (AvgIpc) is 2.58. The molecule has 0 unspecified atom stereocenters. The molecule has 0 atom stereocenters. The molecule has 3 aromatic carbocycles. The van der Waals surface area contributed by atoms with Gasteiger partial charge in [0.05, 0.1) is 4.90 Å². The van der Waals surface area contributed by atoms with Crippen LogP contribution in [0.3, 0.4) is 0 Å². The summed E-state index contributed by atoms with van der Waals surface area (Å²) in [5, 5.41) is 0. The van der Waals surface area contributed by atoms with Crippen LogP contribution in [0, 0.1) is 6.92 Å². The second kappa shape index (κ2) is 7.21. The van der Waals surface area contributed by atoms with Crippen molar-refractivity contribution in [3.8, 4) is 0 Å². The van der Waals surface area contributed by atoms with Gasteiger partial charge in [0.15, 0.2) is 0 Å². The minimum absolute atomic E-state index is 0.0685. The fourth-order valence-electron chi connectivity index (χ4n) is 2.77. The Bertz CT molecular complexity index is 957. The molecular formula is C21H20O3S. The van der Waals surface area contributed by atoms with Gasteiger partial charge in [-0.1, -0.05) is 66.2 Å². The molecular weight excluding hydrogens is 332 g/mol. The van der Waals surface area contributed by atoms with Crippen LogP contribution in [0.2, 0.25) is 0 Å². The molecule has 0 saturated heterocycles. The van der Waals surface area contributed by atoms with E-state index in [1.165, 1.54) is 28.8 Å².